The van der Waals surface area contributed by atoms with Gasteiger partial charge in [-0.15, -0.1) is 0 Å². The van der Waals surface area contributed by atoms with Crippen LogP contribution in [0.5, 0.6) is 5.75 Å². The normalized spacial score (nSPS) is 11.3. The van der Waals surface area contributed by atoms with Crippen LogP contribution >= 0.6 is 0 Å². The third kappa shape index (κ3) is 7.30. The Balaban J connectivity index is 1.68. The van der Waals surface area contributed by atoms with Crippen LogP contribution in [0, 0.1) is 5.82 Å². The number of halogens is 1. The Labute approximate surface area is 193 Å². The minimum Gasteiger partial charge on any atom is -0.379 e. The first-order valence-electron chi connectivity index (χ1n) is 10.3. The summed E-state index contributed by atoms with van der Waals surface area (Å²) in [7, 11) is -0.216. The Morgan fingerprint density at radius 1 is 0.909 bits per heavy atom. The zero-order valence-electron chi connectivity index (χ0n) is 18.4. The Hall–Kier alpha value is -3.43. The summed E-state index contributed by atoms with van der Waals surface area (Å²) in [6.07, 6.45) is 0. The molecule has 0 saturated carbocycles. The lowest BCUT2D eigenvalue weighted by molar-refractivity contribution is 0.202. The fraction of sp³-hybridized carbons (Fsp3) is 0.208. The van der Waals surface area contributed by atoms with Crippen LogP contribution in [0.15, 0.2) is 83.8 Å². The minimum atomic E-state index is -4.08. The van der Waals surface area contributed by atoms with Gasteiger partial charge >= 0.3 is 16.1 Å². The van der Waals surface area contributed by atoms with Crippen LogP contribution in [0.4, 0.5) is 14.9 Å². The molecule has 3 rings (SSSR count). The quantitative estimate of drug-likeness (QED) is 0.474. The lowest BCUT2D eigenvalue weighted by atomic mass is 10.2. The van der Waals surface area contributed by atoms with Crippen molar-refractivity contribution in [2.45, 2.75) is 11.4 Å². The molecular formula is C24H26FN3O4S. The highest BCUT2D eigenvalue weighted by molar-refractivity contribution is 7.87. The van der Waals surface area contributed by atoms with Gasteiger partial charge in [0, 0.05) is 25.3 Å². The van der Waals surface area contributed by atoms with Crippen LogP contribution in [0.2, 0.25) is 0 Å². The van der Waals surface area contributed by atoms with Gasteiger partial charge in [0.15, 0.2) is 0 Å². The largest absolute Gasteiger partial charge is 0.379 e. The molecule has 33 heavy (non-hydrogen) atoms. The number of likely N-dealkylation sites (N-methyl/N-ethyl adjacent to an activating group) is 1. The first-order chi connectivity index (χ1) is 15.7. The SMILES string of the molecule is CN(C)CCN(Cc1ccc(OS(=O)(=O)c2ccc(F)cc2)cc1)C(=O)Nc1ccccc1. The third-order valence-electron chi connectivity index (χ3n) is 4.73. The lowest BCUT2D eigenvalue weighted by Gasteiger charge is -2.25. The van der Waals surface area contributed by atoms with Gasteiger partial charge in [0.25, 0.3) is 0 Å². The molecular weight excluding hydrogens is 445 g/mol. The molecule has 3 aromatic rings. The number of hydrogen-bond donors (Lipinski definition) is 1. The average molecular weight is 472 g/mol. The van der Waals surface area contributed by atoms with Gasteiger partial charge < -0.3 is 19.3 Å². The maximum Gasteiger partial charge on any atom is 0.339 e. The zero-order chi connectivity index (χ0) is 23.8. The molecule has 0 unspecified atom stereocenters. The maximum absolute atomic E-state index is 13.1. The van der Waals surface area contributed by atoms with E-state index in [4.69, 9.17) is 4.18 Å². The smallest absolute Gasteiger partial charge is 0.339 e. The summed E-state index contributed by atoms with van der Waals surface area (Å²) >= 11 is 0. The van der Waals surface area contributed by atoms with Crippen molar-refractivity contribution in [1.29, 1.82) is 0 Å². The molecule has 1 N–H and O–H groups in total. The molecule has 0 atom stereocenters. The van der Waals surface area contributed by atoms with Gasteiger partial charge in [-0.2, -0.15) is 8.42 Å². The summed E-state index contributed by atoms with van der Waals surface area (Å²) in [6, 6.07) is 19.8. The van der Waals surface area contributed by atoms with Crippen molar-refractivity contribution < 1.29 is 21.8 Å². The van der Waals surface area contributed by atoms with Gasteiger partial charge in [0.05, 0.1) is 0 Å². The summed E-state index contributed by atoms with van der Waals surface area (Å²) in [5.74, 6) is -0.412. The first-order valence-corrected chi connectivity index (χ1v) is 11.7. The van der Waals surface area contributed by atoms with E-state index in [1.54, 1.807) is 17.0 Å². The molecule has 0 heterocycles. The number of rotatable bonds is 9. The van der Waals surface area contributed by atoms with Crippen molar-refractivity contribution in [3.8, 4) is 5.75 Å². The van der Waals surface area contributed by atoms with E-state index in [0.717, 1.165) is 29.8 Å². The highest BCUT2D eigenvalue weighted by atomic mass is 32.2. The summed E-state index contributed by atoms with van der Waals surface area (Å²) < 4.78 is 43.0. The Kier molecular flexibility index (Phi) is 8.02. The second-order valence-electron chi connectivity index (χ2n) is 7.66. The number of urea groups is 1. The molecule has 0 aromatic heterocycles. The number of amides is 2. The van der Waals surface area contributed by atoms with E-state index in [1.165, 1.54) is 12.1 Å². The molecule has 0 fully saturated rings. The van der Waals surface area contributed by atoms with Crippen LogP contribution < -0.4 is 9.50 Å². The summed E-state index contributed by atoms with van der Waals surface area (Å²) in [4.78, 5) is 16.4. The van der Waals surface area contributed by atoms with E-state index < -0.39 is 15.9 Å². The molecule has 0 radical (unpaired) electrons. The maximum atomic E-state index is 13.1. The van der Waals surface area contributed by atoms with Gasteiger partial charge in [-0.1, -0.05) is 30.3 Å². The third-order valence-corrected chi connectivity index (χ3v) is 6.00. The van der Waals surface area contributed by atoms with Crippen molar-refractivity contribution in [1.82, 2.24) is 9.80 Å². The van der Waals surface area contributed by atoms with E-state index in [9.17, 15) is 17.6 Å². The topological polar surface area (TPSA) is 79.0 Å². The number of nitrogens with zero attached hydrogens (tertiary/aromatic N) is 2. The van der Waals surface area contributed by atoms with Crippen molar-refractivity contribution in [3.05, 3.63) is 90.2 Å². The van der Waals surface area contributed by atoms with Crippen LogP contribution in [-0.2, 0) is 16.7 Å². The van der Waals surface area contributed by atoms with Crippen molar-refractivity contribution >= 4 is 21.8 Å². The van der Waals surface area contributed by atoms with Gasteiger partial charge in [-0.25, -0.2) is 9.18 Å². The molecule has 0 aliphatic heterocycles. The van der Waals surface area contributed by atoms with Gasteiger partial charge in [-0.05, 0) is 68.2 Å². The minimum absolute atomic E-state index is 0.122. The van der Waals surface area contributed by atoms with E-state index in [0.29, 0.717) is 25.3 Å². The number of hydrogen-bond acceptors (Lipinski definition) is 5. The van der Waals surface area contributed by atoms with E-state index in [1.807, 2.05) is 49.3 Å². The fourth-order valence-electron chi connectivity index (χ4n) is 2.94. The fourth-order valence-corrected chi connectivity index (χ4v) is 3.87. The first kappa shape index (κ1) is 24.2. The number of carbonyl (C=O) groups excluding carboxylic acids is 1. The number of benzene rings is 3. The van der Waals surface area contributed by atoms with Crippen LogP contribution in [0.1, 0.15) is 5.56 Å². The monoisotopic (exact) mass is 471 g/mol. The molecule has 0 aliphatic rings. The summed E-state index contributed by atoms with van der Waals surface area (Å²) in [5, 5.41) is 2.89. The summed E-state index contributed by atoms with van der Waals surface area (Å²) in [5.41, 5.74) is 1.51. The Bertz CT molecular complexity index is 1150. The predicted molar refractivity (Wildman–Crippen MR) is 125 cm³/mol. The number of para-hydroxylation sites is 1. The number of nitrogens with one attached hydrogen (secondary N) is 1. The highest BCUT2D eigenvalue weighted by Gasteiger charge is 2.18. The molecule has 0 saturated heterocycles. The van der Waals surface area contributed by atoms with Crippen LogP contribution in [0.3, 0.4) is 0 Å². The number of anilines is 1. The Morgan fingerprint density at radius 2 is 1.55 bits per heavy atom. The molecule has 7 nitrogen and oxygen atoms in total. The standard InChI is InChI=1S/C24H26FN3O4S/c1-27(2)16-17-28(24(29)26-21-6-4-3-5-7-21)18-19-8-12-22(13-9-19)32-33(30,31)23-14-10-20(25)11-15-23/h3-15H,16-18H2,1-2H3,(H,26,29). The van der Waals surface area contributed by atoms with E-state index in [-0.39, 0.29) is 16.7 Å². The molecule has 0 aliphatic carbocycles. The molecule has 0 bridgehead atoms. The van der Waals surface area contributed by atoms with E-state index >= 15 is 0 Å². The zero-order valence-corrected chi connectivity index (χ0v) is 19.3. The highest BCUT2D eigenvalue weighted by Crippen LogP contribution is 2.20. The van der Waals surface area contributed by atoms with Crippen molar-refractivity contribution in [3.63, 3.8) is 0 Å². The van der Waals surface area contributed by atoms with Crippen molar-refractivity contribution in [2.24, 2.45) is 0 Å². The molecule has 9 heteroatoms. The summed E-state index contributed by atoms with van der Waals surface area (Å²) in [6.45, 7) is 1.51. The molecule has 3 aromatic carbocycles. The molecule has 0 spiro atoms. The van der Waals surface area contributed by atoms with Crippen molar-refractivity contribution in [2.75, 3.05) is 32.5 Å². The van der Waals surface area contributed by atoms with Crippen LogP contribution in [-0.4, -0.2) is 51.4 Å². The van der Waals surface area contributed by atoms with Gasteiger partial charge in [0.1, 0.15) is 16.5 Å². The van der Waals surface area contributed by atoms with E-state index in [2.05, 4.69) is 5.32 Å². The number of carbonyl (C=O) groups is 1. The predicted octanol–water partition coefficient (Wildman–Crippen LogP) is 4.19. The van der Waals surface area contributed by atoms with Gasteiger partial charge in [-0.3, -0.25) is 0 Å². The second kappa shape index (κ2) is 10.9. The van der Waals surface area contributed by atoms with Crippen LogP contribution in [0.25, 0.3) is 0 Å². The Morgan fingerprint density at radius 3 is 2.15 bits per heavy atom. The molecule has 2 amide bonds. The molecule has 174 valence electrons. The van der Waals surface area contributed by atoms with Gasteiger partial charge in [0.2, 0.25) is 0 Å². The average Bonchev–Trinajstić information content (AvgIpc) is 2.78. The lowest BCUT2D eigenvalue weighted by Crippen LogP contribution is -2.39. The second-order valence-corrected chi connectivity index (χ2v) is 9.20.